The van der Waals surface area contributed by atoms with Gasteiger partial charge in [0.1, 0.15) is 5.92 Å². The molecule has 0 aliphatic rings. The number of fused-ring (bicyclic) bond motifs is 1. The Morgan fingerprint density at radius 3 is 3.06 bits per heavy atom. The van der Waals surface area contributed by atoms with Crippen LogP contribution in [0.15, 0.2) is 12.1 Å². The van der Waals surface area contributed by atoms with Gasteiger partial charge in [-0.1, -0.05) is 13.3 Å². The van der Waals surface area contributed by atoms with Crippen LogP contribution >= 0.6 is 0 Å². The normalized spacial score (nSPS) is 12.8. The fraction of sp³-hybridized carbons (Fsp3) is 0.444. The summed E-state index contributed by atoms with van der Waals surface area (Å²) >= 11 is 0. The molecule has 0 saturated heterocycles. The predicted octanol–water partition coefficient (Wildman–Crippen LogP) is 0.488. The zero-order chi connectivity index (χ0) is 11.5. The number of aromatic nitrogens is 5. The van der Waals surface area contributed by atoms with E-state index >= 15 is 0 Å². The van der Waals surface area contributed by atoms with Crippen LogP contribution in [0.1, 0.15) is 31.4 Å². The van der Waals surface area contributed by atoms with E-state index in [9.17, 15) is 4.79 Å². The first kappa shape index (κ1) is 10.5. The maximum absolute atomic E-state index is 11.1. The van der Waals surface area contributed by atoms with Gasteiger partial charge in [0, 0.05) is 0 Å². The Hall–Kier alpha value is -2.05. The van der Waals surface area contributed by atoms with Crippen LogP contribution in [0.2, 0.25) is 0 Å². The highest BCUT2D eigenvalue weighted by molar-refractivity contribution is 5.75. The van der Waals surface area contributed by atoms with E-state index in [0.29, 0.717) is 17.8 Å². The lowest BCUT2D eigenvalue weighted by Crippen LogP contribution is -2.14. The second kappa shape index (κ2) is 4.21. The van der Waals surface area contributed by atoms with Crippen LogP contribution in [0, 0.1) is 0 Å². The van der Waals surface area contributed by atoms with Crippen molar-refractivity contribution in [3.8, 4) is 0 Å². The summed E-state index contributed by atoms with van der Waals surface area (Å²) in [6, 6.07) is 3.31. The van der Waals surface area contributed by atoms with Crippen LogP contribution < -0.4 is 0 Å². The number of carbonyl (C=O) groups is 1. The Bertz CT molecular complexity index is 509. The summed E-state index contributed by atoms with van der Waals surface area (Å²) in [7, 11) is 0. The van der Waals surface area contributed by atoms with E-state index in [-0.39, 0.29) is 0 Å². The molecular weight excluding hydrogens is 210 g/mol. The highest BCUT2D eigenvalue weighted by Gasteiger charge is 2.21. The SMILES string of the molecule is CCCC(C(=O)O)c1ccc2nnnn2n1. The molecule has 1 atom stereocenters. The van der Waals surface area contributed by atoms with Gasteiger partial charge < -0.3 is 5.11 Å². The molecule has 2 aromatic heterocycles. The monoisotopic (exact) mass is 221 g/mol. The molecule has 0 amide bonds. The van der Waals surface area contributed by atoms with Gasteiger partial charge in [0.05, 0.1) is 5.69 Å². The minimum absolute atomic E-state index is 0.481. The summed E-state index contributed by atoms with van der Waals surface area (Å²) < 4.78 is 1.24. The Morgan fingerprint density at radius 1 is 1.56 bits per heavy atom. The fourth-order valence-electron chi connectivity index (χ4n) is 1.54. The number of carboxylic acids is 1. The Morgan fingerprint density at radius 2 is 2.38 bits per heavy atom. The lowest BCUT2D eigenvalue weighted by Gasteiger charge is -2.09. The molecule has 0 bridgehead atoms. The molecule has 7 heteroatoms. The van der Waals surface area contributed by atoms with E-state index < -0.39 is 11.9 Å². The van der Waals surface area contributed by atoms with Crippen LogP contribution in [-0.4, -0.2) is 36.3 Å². The lowest BCUT2D eigenvalue weighted by molar-refractivity contribution is -0.139. The Kier molecular flexibility index (Phi) is 2.76. The van der Waals surface area contributed by atoms with Gasteiger partial charge >= 0.3 is 5.97 Å². The summed E-state index contributed by atoms with van der Waals surface area (Å²) in [4.78, 5) is 11.1. The van der Waals surface area contributed by atoms with Gasteiger partial charge in [-0.15, -0.1) is 9.73 Å². The summed E-state index contributed by atoms with van der Waals surface area (Å²) in [5, 5.41) is 23.9. The third-order valence-electron chi connectivity index (χ3n) is 2.32. The van der Waals surface area contributed by atoms with Crippen molar-refractivity contribution < 1.29 is 9.90 Å². The van der Waals surface area contributed by atoms with Gasteiger partial charge in [-0.3, -0.25) is 4.79 Å². The molecule has 0 fully saturated rings. The first-order valence-corrected chi connectivity index (χ1v) is 5.00. The Labute approximate surface area is 91.1 Å². The minimum atomic E-state index is -0.873. The number of aliphatic carboxylic acids is 1. The standard InChI is InChI=1S/C9H11N5O2/c1-2-3-6(9(15)16)7-4-5-8-10-12-13-14(8)11-7/h4-6H,2-3H2,1H3,(H,15,16). The number of hydrogen-bond acceptors (Lipinski definition) is 5. The molecule has 2 heterocycles. The molecule has 0 aromatic carbocycles. The summed E-state index contributed by atoms with van der Waals surface area (Å²) in [6.45, 7) is 1.94. The average Bonchev–Trinajstić information content (AvgIpc) is 2.72. The molecule has 0 aliphatic carbocycles. The van der Waals surface area contributed by atoms with Crippen molar-refractivity contribution in [1.29, 1.82) is 0 Å². The van der Waals surface area contributed by atoms with Crippen LogP contribution in [0.5, 0.6) is 0 Å². The van der Waals surface area contributed by atoms with Crippen LogP contribution in [0.25, 0.3) is 5.65 Å². The summed E-state index contributed by atoms with van der Waals surface area (Å²) in [5.74, 6) is -1.47. The number of nitrogens with zero attached hydrogens (tertiary/aromatic N) is 5. The largest absolute Gasteiger partial charge is 0.481 e. The number of hydrogen-bond donors (Lipinski definition) is 1. The molecule has 7 nitrogen and oxygen atoms in total. The zero-order valence-electron chi connectivity index (χ0n) is 8.74. The number of tetrazole rings is 1. The lowest BCUT2D eigenvalue weighted by atomic mass is 10.00. The highest BCUT2D eigenvalue weighted by atomic mass is 16.4. The van der Waals surface area contributed by atoms with Gasteiger partial charge in [0.25, 0.3) is 0 Å². The van der Waals surface area contributed by atoms with E-state index in [2.05, 4.69) is 20.6 Å². The van der Waals surface area contributed by atoms with Crippen molar-refractivity contribution >= 4 is 11.6 Å². The molecule has 0 spiro atoms. The topological polar surface area (TPSA) is 93.3 Å². The van der Waals surface area contributed by atoms with E-state index in [4.69, 9.17) is 5.11 Å². The van der Waals surface area contributed by atoms with Crippen LogP contribution in [-0.2, 0) is 4.79 Å². The van der Waals surface area contributed by atoms with E-state index in [0.717, 1.165) is 6.42 Å². The van der Waals surface area contributed by atoms with Crippen molar-refractivity contribution in [3.05, 3.63) is 17.8 Å². The third kappa shape index (κ3) is 1.83. The fourth-order valence-corrected chi connectivity index (χ4v) is 1.54. The molecule has 84 valence electrons. The molecule has 2 aromatic rings. The molecule has 2 rings (SSSR count). The quantitative estimate of drug-likeness (QED) is 0.807. The first-order chi connectivity index (χ1) is 7.72. The zero-order valence-corrected chi connectivity index (χ0v) is 8.74. The number of carboxylic acid groups (broad SMARTS) is 1. The maximum Gasteiger partial charge on any atom is 0.312 e. The van der Waals surface area contributed by atoms with Gasteiger partial charge in [-0.25, -0.2) is 0 Å². The van der Waals surface area contributed by atoms with Crippen LogP contribution in [0.4, 0.5) is 0 Å². The number of rotatable bonds is 4. The van der Waals surface area contributed by atoms with E-state index in [1.165, 1.54) is 4.63 Å². The van der Waals surface area contributed by atoms with Gasteiger partial charge in [0.15, 0.2) is 5.65 Å². The highest BCUT2D eigenvalue weighted by Crippen LogP contribution is 2.19. The van der Waals surface area contributed by atoms with Gasteiger partial charge in [-0.05, 0) is 29.0 Å². The maximum atomic E-state index is 11.1. The molecule has 0 saturated carbocycles. The molecule has 0 aliphatic heterocycles. The second-order valence-electron chi connectivity index (χ2n) is 3.46. The van der Waals surface area contributed by atoms with Crippen molar-refractivity contribution in [2.24, 2.45) is 0 Å². The predicted molar refractivity (Wildman–Crippen MR) is 53.9 cm³/mol. The van der Waals surface area contributed by atoms with Gasteiger partial charge in [0.2, 0.25) is 0 Å². The average molecular weight is 221 g/mol. The van der Waals surface area contributed by atoms with E-state index in [1.807, 2.05) is 6.92 Å². The Balaban J connectivity index is 2.39. The molecule has 16 heavy (non-hydrogen) atoms. The molecule has 0 radical (unpaired) electrons. The van der Waals surface area contributed by atoms with Crippen molar-refractivity contribution in [2.45, 2.75) is 25.7 Å². The van der Waals surface area contributed by atoms with Crippen molar-refractivity contribution in [2.75, 3.05) is 0 Å². The molecular formula is C9H11N5O2. The third-order valence-corrected chi connectivity index (χ3v) is 2.32. The van der Waals surface area contributed by atoms with Crippen molar-refractivity contribution in [3.63, 3.8) is 0 Å². The summed E-state index contributed by atoms with van der Waals surface area (Å²) in [5.41, 5.74) is 0.985. The molecule has 1 N–H and O–H groups in total. The first-order valence-electron chi connectivity index (χ1n) is 5.00. The smallest absolute Gasteiger partial charge is 0.312 e. The second-order valence-corrected chi connectivity index (χ2v) is 3.46. The van der Waals surface area contributed by atoms with Crippen LogP contribution in [0.3, 0.4) is 0 Å². The summed E-state index contributed by atoms with van der Waals surface area (Å²) in [6.07, 6.45) is 1.34. The molecule has 1 unspecified atom stereocenters. The van der Waals surface area contributed by atoms with Crippen molar-refractivity contribution in [1.82, 2.24) is 25.3 Å². The minimum Gasteiger partial charge on any atom is -0.481 e. The van der Waals surface area contributed by atoms with E-state index in [1.54, 1.807) is 12.1 Å². The van der Waals surface area contributed by atoms with Gasteiger partial charge in [-0.2, -0.15) is 5.10 Å².